The molecule has 0 radical (unpaired) electrons. The van der Waals surface area contributed by atoms with Crippen LogP contribution in [-0.2, 0) is 17.8 Å². The second kappa shape index (κ2) is 10.8. The summed E-state index contributed by atoms with van der Waals surface area (Å²) in [6.45, 7) is 4.39. The predicted octanol–water partition coefficient (Wildman–Crippen LogP) is 6.64. The van der Waals surface area contributed by atoms with E-state index in [0.29, 0.717) is 22.4 Å². The maximum Gasteiger partial charge on any atom is 0.244 e. The Balaban J connectivity index is 1.54. The third-order valence-electron chi connectivity index (χ3n) is 4.69. The molecule has 0 saturated heterocycles. The van der Waals surface area contributed by atoms with Crippen LogP contribution in [0.2, 0.25) is 10.0 Å². The number of carbonyl (C=O) groups is 1. The number of rotatable bonds is 7. The standard InChI is InChI=1S/C24H21BrCl2N2O2/c1-15-3-4-17(9-16(15)2)11-24(30)29-28-13-18-5-8-23(21(25)10-18)31-14-19-6-7-20(26)12-22(19)27/h3-10,12-13H,11,14H2,1-2H3,(H,29,30). The molecule has 160 valence electrons. The van der Waals surface area contributed by atoms with E-state index in [-0.39, 0.29) is 12.3 Å². The first-order valence-corrected chi connectivity index (χ1v) is 11.1. The lowest BCUT2D eigenvalue weighted by molar-refractivity contribution is -0.120. The van der Waals surface area contributed by atoms with Crippen LogP contribution in [-0.4, -0.2) is 12.1 Å². The number of aryl methyl sites for hydroxylation is 2. The fraction of sp³-hybridized carbons (Fsp3) is 0.167. The molecule has 3 aromatic rings. The van der Waals surface area contributed by atoms with Gasteiger partial charge in [-0.1, -0.05) is 47.5 Å². The summed E-state index contributed by atoms with van der Waals surface area (Å²) in [6, 6.07) is 16.8. The van der Waals surface area contributed by atoms with Gasteiger partial charge in [0.1, 0.15) is 12.4 Å². The van der Waals surface area contributed by atoms with E-state index in [1.54, 1.807) is 18.3 Å². The van der Waals surface area contributed by atoms with Gasteiger partial charge in [0.2, 0.25) is 5.91 Å². The molecule has 1 N–H and O–H groups in total. The highest BCUT2D eigenvalue weighted by atomic mass is 79.9. The van der Waals surface area contributed by atoms with Gasteiger partial charge in [0.25, 0.3) is 0 Å². The van der Waals surface area contributed by atoms with E-state index in [1.807, 2.05) is 56.3 Å². The Bertz CT molecular complexity index is 1130. The topological polar surface area (TPSA) is 50.7 Å². The second-order valence-electron chi connectivity index (χ2n) is 7.10. The molecule has 0 aliphatic rings. The molecule has 0 bridgehead atoms. The third-order valence-corrected chi connectivity index (χ3v) is 5.90. The van der Waals surface area contributed by atoms with Crippen LogP contribution in [0.15, 0.2) is 64.2 Å². The van der Waals surface area contributed by atoms with Crippen molar-refractivity contribution in [3.8, 4) is 5.75 Å². The molecule has 3 rings (SSSR count). The number of amides is 1. The number of nitrogens with one attached hydrogen (secondary N) is 1. The lowest BCUT2D eigenvalue weighted by Crippen LogP contribution is -2.19. The molecular formula is C24H21BrCl2N2O2. The summed E-state index contributed by atoms with van der Waals surface area (Å²) < 4.78 is 6.60. The molecule has 0 heterocycles. The highest BCUT2D eigenvalue weighted by molar-refractivity contribution is 9.10. The van der Waals surface area contributed by atoms with Crippen molar-refractivity contribution in [3.05, 3.63) is 96.9 Å². The molecule has 0 fully saturated rings. The van der Waals surface area contributed by atoms with E-state index < -0.39 is 0 Å². The maximum atomic E-state index is 12.1. The fourth-order valence-electron chi connectivity index (χ4n) is 2.83. The smallest absolute Gasteiger partial charge is 0.244 e. The Kier molecular flexibility index (Phi) is 8.13. The first-order chi connectivity index (χ1) is 14.8. The molecule has 31 heavy (non-hydrogen) atoms. The van der Waals surface area contributed by atoms with E-state index in [0.717, 1.165) is 21.2 Å². The molecule has 0 atom stereocenters. The van der Waals surface area contributed by atoms with Gasteiger partial charge in [-0.25, -0.2) is 5.43 Å². The maximum absolute atomic E-state index is 12.1. The highest BCUT2D eigenvalue weighted by Gasteiger charge is 2.07. The Hall–Kier alpha value is -2.34. The lowest BCUT2D eigenvalue weighted by Gasteiger charge is -2.10. The van der Waals surface area contributed by atoms with Crippen molar-refractivity contribution in [3.63, 3.8) is 0 Å². The zero-order chi connectivity index (χ0) is 22.4. The average Bonchev–Trinajstić information content (AvgIpc) is 2.71. The molecule has 0 aliphatic heterocycles. The van der Waals surface area contributed by atoms with Crippen LogP contribution in [0.25, 0.3) is 0 Å². The van der Waals surface area contributed by atoms with Crippen LogP contribution >= 0.6 is 39.1 Å². The number of benzene rings is 3. The Labute approximate surface area is 200 Å². The summed E-state index contributed by atoms with van der Waals surface area (Å²) in [4.78, 5) is 12.1. The van der Waals surface area contributed by atoms with Gasteiger partial charge in [-0.15, -0.1) is 0 Å². The van der Waals surface area contributed by atoms with Crippen molar-refractivity contribution in [2.45, 2.75) is 26.9 Å². The first kappa shape index (κ1) is 23.3. The van der Waals surface area contributed by atoms with E-state index in [2.05, 4.69) is 26.5 Å². The summed E-state index contributed by atoms with van der Waals surface area (Å²) >= 11 is 15.6. The number of ether oxygens (including phenoxy) is 1. The van der Waals surface area contributed by atoms with Gasteiger partial charge in [-0.3, -0.25) is 4.79 Å². The van der Waals surface area contributed by atoms with Crippen molar-refractivity contribution in [2.24, 2.45) is 5.10 Å². The van der Waals surface area contributed by atoms with E-state index in [4.69, 9.17) is 27.9 Å². The summed E-state index contributed by atoms with van der Waals surface area (Å²) in [5.74, 6) is 0.500. The van der Waals surface area contributed by atoms with Crippen LogP contribution in [0.5, 0.6) is 5.75 Å². The average molecular weight is 520 g/mol. The number of nitrogens with zero attached hydrogens (tertiary/aromatic N) is 1. The van der Waals surface area contributed by atoms with Gasteiger partial charge in [0.15, 0.2) is 0 Å². The molecule has 4 nitrogen and oxygen atoms in total. The Morgan fingerprint density at radius 2 is 1.87 bits per heavy atom. The van der Waals surface area contributed by atoms with Gasteiger partial charge in [-0.05, 0) is 82.4 Å². The lowest BCUT2D eigenvalue weighted by atomic mass is 10.0. The van der Waals surface area contributed by atoms with Gasteiger partial charge < -0.3 is 4.74 Å². The predicted molar refractivity (Wildman–Crippen MR) is 130 cm³/mol. The van der Waals surface area contributed by atoms with Crippen molar-refractivity contribution in [1.82, 2.24) is 5.43 Å². The number of carbonyl (C=O) groups excluding carboxylic acids is 1. The molecule has 0 saturated carbocycles. The number of hydrazone groups is 1. The minimum absolute atomic E-state index is 0.168. The van der Waals surface area contributed by atoms with E-state index in [9.17, 15) is 4.79 Å². The quantitative estimate of drug-likeness (QED) is 0.281. The number of hydrogen-bond acceptors (Lipinski definition) is 3. The zero-order valence-electron chi connectivity index (χ0n) is 17.1. The van der Waals surface area contributed by atoms with E-state index in [1.165, 1.54) is 11.1 Å². The van der Waals surface area contributed by atoms with Gasteiger partial charge in [0, 0.05) is 15.6 Å². The van der Waals surface area contributed by atoms with Crippen LogP contribution < -0.4 is 10.2 Å². The highest BCUT2D eigenvalue weighted by Crippen LogP contribution is 2.28. The summed E-state index contributed by atoms with van der Waals surface area (Å²) in [7, 11) is 0. The van der Waals surface area contributed by atoms with Gasteiger partial charge >= 0.3 is 0 Å². The van der Waals surface area contributed by atoms with Crippen LogP contribution in [0, 0.1) is 13.8 Å². The largest absolute Gasteiger partial charge is 0.488 e. The fourth-order valence-corrected chi connectivity index (χ4v) is 3.80. The van der Waals surface area contributed by atoms with Gasteiger partial charge in [-0.2, -0.15) is 5.10 Å². The third kappa shape index (κ3) is 6.82. The van der Waals surface area contributed by atoms with Crippen LogP contribution in [0.4, 0.5) is 0 Å². The molecular weight excluding hydrogens is 499 g/mol. The molecule has 3 aromatic carbocycles. The number of hydrogen-bond donors (Lipinski definition) is 1. The summed E-state index contributed by atoms with van der Waals surface area (Å²) in [5.41, 5.74) is 7.55. The van der Waals surface area contributed by atoms with Crippen molar-refractivity contribution in [1.29, 1.82) is 0 Å². The minimum atomic E-state index is -0.168. The summed E-state index contributed by atoms with van der Waals surface area (Å²) in [6.07, 6.45) is 1.87. The van der Waals surface area contributed by atoms with E-state index >= 15 is 0 Å². The SMILES string of the molecule is Cc1ccc(CC(=O)NN=Cc2ccc(OCc3ccc(Cl)cc3Cl)c(Br)c2)cc1C. The summed E-state index contributed by atoms with van der Waals surface area (Å²) in [5, 5.41) is 5.19. The number of halogens is 3. The molecule has 1 amide bonds. The monoisotopic (exact) mass is 518 g/mol. The molecule has 0 unspecified atom stereocenters. The zero-order valence-corrected chi connectivity index (χ0v) is 20.2. The van der Waals surface area contributed by atoms with Gasteiger partial charge in [0.05, 0.1) is 17.1 Å². The second-order valence-corrected chi connectivity index (χ2v) is 8.80. The minimum Gasteiger partial charge on any atom is -0.488 e. The molecule has 0 aliphatic carbocycles. The van der Waals surface area contributed by atoms with Crippen molar-refractivity contribution in [2.75, 3.05) is 0 Å². The normalized spacial score (nSPS) is 11.0. The van der Waals surface area contributed by atoms with Crippen LogP contribution in [0.3, 0.4) is 0 Å². The van der Waals surface area contributed by atoms with Crippen LogP contribution in [0.1, 0.15) is 27.8 Å². The van der Waals surface area contributed by atoms with Crippen molar-refractivity contribution < 1.29 is 9.53 Å². The Morgan fingerprint density at radius 1 is 1.06 bits per heavy atom. The molecule has 0 spiro atoms. The Morgan fingerprint density at radius 3 is 2.58 bits per heavy atom. The first-order valence-electron chi connectivity index (χ1n) is 9.56. The van der Waals surface area contributed by atoms with Crippen molar-refractivity contribution >= 4 is 51.3 Å². The molecule has 7 heteroatoms. The molecule has 0 aromatic heterocycles.